The van der Waals surface area contributed by atoms with Crippen LogP contribution >= 0.6 is 0 Å². The Morgan fingerprint density at radius 3 is 2.14 bits per heavy atom. The van der Waals surface area contributed by atoms with Crippen molar-refractivity contribution in [3.8, 4) is 0 Å². The van der Waals surface area contributed by atoms with Crippen LogP contribution in [-0.4, -0.2) is 13.0 Å². The molecule has 0 unspecified atom stereocenters. The molecule has 0 aliphatic carbocycles. The molecule has 0 saturated carbocycles. The molecular formula is C16H20N2O3S. The summed E-state index contributed by atoms with van der Waals surface area (Å²) in [6.07, 6.45) is 1.58. The van der Waals surface area contributed by atoms with Crippen molar-refractivity contribution in [3.63, 3.8) is 0 Å². The summed E-state index contributed by atoms with van der Waals surface area (Å²) in [6.45, 7) is 7.31. The van der Waals surface area contributed by atoms with Crippen molar-refractivity contribution in [2.45, 2.75) is 32.6 Å². The van der Waals surface area contributed by atoms with Crippen LogP contribution in [0.15, 0.2) is 34.1 Å². The third kappa shape index (κ3) is 2.78. The Kier molecular flexibility index (Phi) is 4.15. The van der Waals surface area contributed by atoms with E-state index >= 15 is 0 Å². The fourth-order valence-corrected chi connectivity index (χ4v) is 4.13. The number of nitrogens with one attached hydrogen (secondary N) is 1. The molecule has 1 aromatic heterocycles. The van der Waals surface area contributed by atoms with Gasteiger partial charge >= 0.3 is 0 Å². The summed E-state index contributed by atoms with van der Waals surface area (Å²) in [4.78, 5) is 12.3. The van der Waals surface area contributed by atoms with Gasteiger partial charge in [-0.25, -0.2) is 8.42 Å². The Bertz CT molecular complexity index is 870. The highest BCUT2D eigenvalue weighted by molar-refractivity contribution is 7.92. The van der Waals surface area contributed by atoms with E-state index < -0.39 is 10.0 Å². The molecular weight excluding hydrogens is 300 g/mol. The summed E-state index contributed by atoms with van der Waals surface area (Å²) in [5.74, 6) is 0. The van der Waals surface area contributed by atoms with E-state index in [1.54, 1.807) is 33.2 Å². The fourth-order valence-electron chi connectivity index (χ4n) is 2.45. The van der Waals surface area contributed by atoms with Gasteiger partial charge in [0, 0.05) is 13.2 Å². The smallest absolute Gasteiger partial charge is 0.274 e. The number of benzene rings is 1. The van der Waals surface area contributed by atoms with Crippen LogP contribution in [0.25, 0.3) is 0 Å². The van der Waals surface area contributed by atoms with Gasteiger partial charge in [0.15, 0.2) is 0 Å². The Morgan fingerprint density at radius 1 is 1.05 bits per heavy atom. The molecule has 0 fully saturated rings. The van der Waals surface area contributed by atoms with Crippen molar-refractivity contribution in [1.82, 2.24) is 4.57 Å². The van der Waals surface area contributed by atoms with E-state index in [2.05, 4.69) is 4.72 Å². The highest BCUT2D eigenvalue weighted by Gasteiger charge is 2.23. The van der Waals surface area contributed by atoms with E-state index in [4.69, 9.17) is 0 Å². The van der Waals surface area contributed by atoms with Crippen molar-refractivity contribution >= 4 is 15.7 Å². The number of rotatable bonds is 3. The molecule has 1 N–H and O–H groups in total. The maximum absolute atomic E-state index is 12.8. The summed E-state index contributed by atoms with van der Waals surface area (Å²) in [5.41, 5.74) is 2.87. The normalized spacial score (nSPS) is 11.5. The predicted molar refractivity (Wildman–Crippen MR) is 87.9 cm³/mol. The predicted octanol–water partition coefficient (Wildman–Crippen LogP) is 2.42. The molecule has 0 aliphatic rings. The van der Waals surface area contributed by atoms with Gasteiger partial charge in [-0.2, -0.15) is 0 Å². The molecule has 0 bridgehead atoms. The lowest BCUT2D eigenvalue weighted by atomic mass is 10.0. The minimum Gasteiger partial charge on any atom is -0.317 e. The fraction of sp³-hybridized carbons (Fsp3) is 0.312. The van der Waals surface area contributed by atoms with Crippen molar-refractivity contribution in [2.24, 2.45) is 7.05 Å². The summed E-state index contributed by atoms with van der Waals surface area (Å²) >= 11 is 0. The summed E-state index contributed by atoms with van der Waals surface area (Å²) in [6, 6.07) is 5.05. The summed E-state index contributed by atoms with van der Waals surface area (Å²) < 4.78 is 29.3. The van der Waals surface area contributed by atoms with E-state index in [9.17, 15) is 13.2 Å². The van der Waals surface area contributed by atoms with Gasteiger partial charge in [-0.05, 0) is 62.1 Å². The van der Waals surface area contributed by atoms with Crippen LogP contribution in [0.1, 0.15) is 22.3 Å². The van der Waals surface area contributed by atoms with Gasteiger partial charge in [-0.15, -0.1) is 0 Å². The minimum atomic E-state index is -3.82. The van der Waals surface area contributed by atoms with E-state index in [0.717, 1.165) is 11.1 Å². The molecule has 0 amide bonds. The zero-order valence-corrected chi connectivity index (χ0v) is 14.2. The zero-order valence-electron chi connectivity index (χ0n) is 13.4. The first-order chi connectivity index (χ1) is 10.1. The molecule has 2 aromatic rings. The molecule has 0 saturated heterocycles. The number of nitrogens with zero attached hydrogens (tertiary/aromatic N) is 1. The van der Waals surface area contributed by atoms with Crippen molar-refractivity contribution in [2.75, 3.05) is 4.72 Å². The second kappa shape index (κ2) is 5.61. The second-order valence-electron chi connectivity index (χ2n) is 5.53. The van der Waals surface area contributed by atoms with Gasteiger partial charge in [0.1, 0.15) is 5.69 Å². The van der Waals surface area contributed by atoms with Crippen LogP contribution in [0.4, 0.5) is 5.69 Å². The Labute approximate surface area is 130 Å². The monoisotopic (exact) mass is 320 g/mol. The SMILES string of the molecule is Cc1cc(C)c(C)c(S(=O)(=O)Nc2cccn(C)c2=O)c1C. The van der Waals surface area contributed by atoms with E-state index in [0.29, 0.717) is 11.1 Å². The highest BCUT2D eigenvalue weighted by Crippen LogP contribution is 2.27. The largest absolute Gasteiger partial charge is 0.317 e. The number of anilines is 1. The molecule has 5 nitrogen and oxygen atoms in total. The highest BCUT2D eigenvalue weighted by atomic mass is 32.2. The topological polar surface area (TPSA) is 68.2 Å². The molecule has 118 valence electrons. The lowest BCUT2D eigenvalue weighted by Gasteiger charge is -2.16. The Morgan fingerprint density at radius 2 is 1.59 bits per heavy atom. The number of hydrogen-bond acceptors (Lipinski definition) is 3. The first-order valence-electron chi connectivity index (χ1n) is 6.91. The maximum Gasteiger partial charge on any atom is 0.274 e. The first kappa shape index (κ1) is 16.3. The van der Waals surface area contributed by atoms with Crippen molar-refractivity contribution in [3.05, 3.63) is 57.0 Å². The van der Waals surface area contributed by atoms with Gasteiger partial charge in [0.2, 0.25) is 0 Å². The lowest BCUT2D eigenvalue weighted by Crippen LogP contribution is -2.25. The standard InChI is InChI=1S/C16H20N2O3S/c1-10-9-11(2)13(4)15(12(10)3)22(20,21)17-14-7-6-8-18(5)16(14)19/h6-9,17H,1-5H3. The lowest BCUT2D eigenvalue weighted by molar-refractivity contribution is 0.599. The third-order valence-corrected chi connectivity index (χ3v) is 5.57. The molecule has 0 atom stereocenters. The molecule has 2 rings (SSSR count). The van der Waals surface area contributed by atoms with Gasteiger partial charge in [-0.1, -0.05) is 6.07 Å². The summed E-state index contributed by atoms with van der Waals surface area (Å²) in [7, 11) is -2.25. The molecule has 6 heteroatoms. The van der Waals surface area contributed by atoms with E-state index in [-0.39, 0.29) is 16.1 Å². The average Bonchev–Trinajstić information content (AvgIpc) is 2.41. The van der Waals surface area contributed by atoms with Crippen LogP contribution in [0.3, 0.4) is 0 Å². The molecule has 0 aliphatic heterocycles. The third-order valence-electron chi connectivity index (χ3n) is 3.93. The number of pyridine rings is 1. The van der Waals surface area contributed by atoms with Crippen molar-refractivity contribution in [1.29, 1.82) is 0 Å². The van der Waals surface area contributed by atoms with Crippen LogP contribution < -0.4 is 10.3 Å². The van der Waals surface area contributed by atoms with Crippen molar-refractivity contribution < 1.29 is 8.42 Å². The Balaban J connectivity index is 2.62. The van der Waals surface area contributed by atoms with E-state index in [1.165, 1.54) is 10.6 Å². The second-order valence-corrected chi connectivity index (χ2v) is 7.15. The molecule has 1 aromatic carbocycles. The number of hydrogen-bond donors (Lipinski definition) is 1. The maximum atomic E-state index is 12.8. The van der Waals surface area contributed by atoms with Gasteiger partial charge in [0.25, 0.3) is 15.6 Å². The average molecular weight is 320 g/mol. The van der Waals surface area contributed by atoms with Crippen LogP contribution in [-0.2, 0) is 17.1 Å². The zero-order chi connectivity index (χ0) is 16.7. The van der Waals surface area contributed by atoms with Gasteiger partial charge in [0.05, 0.1) is 4.90 Å². The molecule has 0 radical (unpaired) electrons. The minimum absolute atomic E-state index is 0.0444. The quantitative estimate of drug-likeness (QED) is 0.944. The molecule has 0 spiro atoms. The summed E-state index contributed by atoms with van der Waals surface area (Å²) in [5, 5.41) is 0. The van der Waals surface area contributed by atoms with Crippen LogP contribution in [0.2, 0.25) is 0 Å². The number of aromatic nitrogens is 1. The van der Waals surface area contributed by atoms with Gasteiger partial charge < -0.3 is 4.57 Å². The van der Waals surface area contributed by atoms with Crippen LogP contribution in [0, 0.1) is 27.7 Å². The van der Waals surface area contributed by atoms with Crippen LogP contribution in [0.5, 0.6) is 0 Å². The first-order valence-corrected chi connectivity index (χ1v) is 8.39. The molecule has 1 heterocycles. The van der Waals surface area contributed by atoms with Gasteiger partial charge in [-0.3, -0.25) is 9.52 Å². The number of sulfonamides is 1. The number of aryl methyl sites for hydroxylation is 3. The Hall–Kier alpha value is -2.08. The van der Waals surface area contributed by atoms with E-state index in [1.807, 2.05) is 19.9 Å². The molecule has 22 heavy (non-hydrogen) atoms.